The van der Waals surface area contributed by atoms with E-state index in [0.29, 0.717) is 12.3 Å². The number of hydrogen-bond acceptors (Lipinski definition) is 4. The monoisotopic (exact) mass is 231 g/mol. The van der Waals surface area contributed by atoms with Crippen molar-refractivity contribution in [1.29, 1.82) is 0 Å². The fourth-order valence-electron chi connectivity index (χ4n) is 1.22. The maximum atomic E-state index is 11.5. The summed E-state index contributed by atoms with van der Waals surface area (Å²) in [7, 11) is 0. The van der Waals surface area contributed by atoms with Gasteiger partial charge in [-0.05, 0) is 13.0 Å². The first kappa shape index (κ1) is 12.3. The quantitative estimate of drug-likeness (QED) is 0.560. The highest BCUT2D eigenvalue weighted by atomic mass is 32.2. The molecule has 0 bridgehead atoms. The second kappa shape index (κ2) is 6.68. The van der Waals surface area contributed by atoms with Crippen molar-refractivity contribution in [2.45, 2.75) is 19.4 Å². The second-order valence-corrected chi connectivity index (χ2v) is 4.33. The molecule has 1 atom stereocenters. The second-order valence-electron chi connectivity index (χ2n) is 3.34. The van der Waals surface area contributed by atoms with Crippen molar-refractivity contribution in [3.8, 4) is 0 Å². The summed E-state index contributed by atoms with van der Waals surface area (Å²) in [5, 5.41) is 8.44. The van der Waals surface area contributed by atoms with E-state index in [9.17, 15) is 9.59 Å². The lowest BCUT2D eigenvalue weighted by Crippen LogP contribution is -2.44. The average molecular weight is 231 g/mol. The van der Waals surface area contributed by atoms with Gasteiger partial charge in [0.25, 0.3) is 5.24 Å². The zero-order valence-electron chi connectivity index (χ0n) is 8.84. The van der Waals surface area contributed by atoms with Gasteiger partial charge in [0.15, 0.2) is 0 Å². The Kier molecular flexibility index (Phi) is 5.49. The lowest BCUT2D eigenvalue weighted by molar-refractivity contribution is -0.122. The molecule has 0 aromatic rings. The van der Waals surface area contributed by atoms with E-state index in [0.717, 1.165) is 31.3 Å². The van der Waals surface area contributed by atoms with E-state index in [2.05, 4.69) is 22.9 Å². The van der Waals surface area contributed by atoms with Crippen molar-refractivity contribution in [3.05, 3.63) is 0 Å². The van der Waals surface area contributed by atoms with Crippen LogP contribution in [0.2, 0.25) is 0 Å². The smallest absolute Gasteiger partial charge is 0.279 e. The highest BCUT2D eigenvalue weighted by molar-refractivity contribution is 8.14. The Labute approximate surface area is 93.7 Å². The Hall–Kier alpha value is -0.750. The molecule has 86 valence electrons. The van der Waals surface area contributed by atoms with Crippen LogP contribution in [0.15, 0.2) is 0 Å². The van der Waals surface area contributed by atoms with E-state index in [4.69, 9.17) is 0 Å². The Bertz CT molecular complexity index is 235. The third kappa shape index (κ3) is 4.53. The Morgan fingerprint density at radius 2 is 2.33 bits per heavy atom. The van der Waals surface area contributed by atoms with Crippen molar-refractivity contribution in [2.24, 2.45) is 0 Å². The molecule has 1 heterocycles. The van der Waals surface area contributed by atoms with Crippen LogP contribution in [-0.2, 0) is 4.79 Å². The number of carbonyl (C=O) groups is 2. The number of rotatable bonds is 6. The van der Waals surface area contributed by atoms with Crippen LogP contribution in [0.4, 0.5) is 4.79 Å². The molecular weight excluding hydrogens is 214 g/mol. The fourth-order valence-corrected chi connectivity index (χ4v) is 2.00. The first-order valence-electron chi connectivity index (χ1n) is 5.15. The zero-order chi connectivity index (χ0) is 11.1. The van der Waals surface area contributed by atoms with Gasteiger partial charge in [-0.3, -0.25) is 9.59 Å². The topological polar surface area (TPSA) is 70.2 Å². The lowest BCUT2D eigenvalue weighted by atomic mass is 10.3. The minimum Gasteiger partial charge on any atom is -0.353 e. The van der Waals surface area contributed by atoms with Crippen molar-refractivity contribution in [2.75, 3.05) is 25.4 Å². The van der Waals surface area contributed by atoms with Gasteiger partial charge in [-0.25, -0.2) is 0 Å². The largest absolute Gasteiger partial charge is 0.353 e. The van der Waals surface area contributed by atoms with Gasteiger partial charge in [-0.15, -0.1) is 0 Å². The molecular formula is C9H17N3O2S. The molecule has 1 saturated heterocycles. The van der Waals surface area contributed by atoms with Gasteiger partial charge in [0.2, 0.25) is 5.91 Å². The van der Waals surface area contributed by atoms with Crippen LogP contribution < -0.4 is 16.0 Å². The van der Waals surface area contributed by atoms with E-state index in [1.54, 1.807) is 0 Å². The third-order valence-corrected chi connectivity index (χ3v) is 2.90. The summed E-state index contributed by atoms with van der Waals surface area (Å²) in [6.45, 7) is 4.44. The van der Waals surface area contributed by atoms with E-state index < -0.39 is 0 Å². The molecule has 0 saturated carbocycles. The molecule has 2 amide bonds. The minimum atomic E-state index is -0.353. The molecule has 3 N–H and O–H groups in total. The lowest BCUT2D eigenvalue weighted by Gasteiger charge is -2.10. The Balaban J connectivity index is 2.06. The van der Waals surface area contributed by atoms with E-state index >= 15 is 0 Å². The molecule has 0 aromatic heterocycles. The van der Waals surface area contributed by atoms with Crippen molar-refractivity contribution in [1.82, 2.24) is 16.0 Å². The molecule has 0 aromatic carbocycles. The van der Waals surface area contributed by atoms with Crippen LogP contribution >= 0.6 is 11.8 Å². The third-order valence-electron chi connectivity index (χ3n) is 2.02. The number of thioether (sulfide) groups is 1. The predicted molar refractivity (Wildman–Crippen MR) is 60.9 cm³/mol. The van der Waals surface area contributed by atoms with Crippen LogP contribution in [0.5, 0.6) is 0 Å². The number of hydrogen-bond donors (Lipinski definition) is 3. The van der Waals surface area contributed by atoms with Gasteiger partial charge in [-0.1, -0.05) is 18.7 Å². The summed E-state index contributed by atoms with van der Waals surface area (Å²) >= 11 is 1.15. The number of nitrogens with one attached hydrogen (secondary N) is 3. The maximum Gasteiger partial charge on any atom is 0.279 e. The van der Waals surface area contributed by atoms with Crippen LogP contribution in [0.1, 0.15) is 13.3 Å². The van der Waals surface area contributed by atoms with Gasteiger partial charge in [0, 0.05) is 18.8 Å². The summed E-state index contributed by atoms with van der Waals surface area (Å²) in [4.78, 5) is 22.3. The Morgan fingerprint density at radius 1 is 1.53 bits per heavy atom. The number of carbonyl (C=O) groups excluding carboxylic acids is 2. The first-order chi connectivity index (χ1) is 7.24. The van der Waals surface area contributed by atoms with E-state index in [1.165, 1.54) is 0 Å². The summed E-state index contributed by atoms with van der Waals surface area (Å²) in [6, 6.07) is -0.353. The zero-order valence-corrected chi connectivity index (χ0v) is 9.65. The van der Waals surface area contributed by atoms with Gasteiger partial charge in [0.05, 0.1) is 0 Å². The SMILES string of the molecule is CCCNCCNC(=O)[C@@H]1CSC(=O)N1. The minimum absolute atomic E-state index is 0.0911. The summed E-state index contributed by atoms with van der Waals surface area (Å²) in [6.07, 6.45) is 1.09. The van der Waals surface area contributed by atoms with Crippen molar-refractivity contribution in [3.63, 3.8) is 0 Å². The van der Waals surface area contributed by atoms with Gasteiger partial charge < -0.3 is 16.0 Å². The molecule has 0 aliphatic carbocycles. The highest BCUT2D eigenvalue weighted by Gasteiger charge is 2.27. The van der Waals surface area contributed by atoms with E-state index in [1.807, 2.05) is 0 Å². The molecule has 1 aliphatic heterocycles. The molecule has 1 rings (SSSR count). The average Bonchev–Trinajstić information content (AvgIpc) is 2.64. The van der Waals surface area contributed by atoms with E-state index in [-0.39, 0.29) is 17.2 Å². The molecule has 0 unspecified atom stereocenters. The molecule has 1 fully saturated rings. The normalized spacial score (nSPS) is 20.1. The van der Waals surface area contributed by atoms with Crippen LogP contribution in [0.3, 0.4) is 0 Å². The standard InChI is InChI=1S/C9H17N3O2S/c1-2-3-10-4-5-11-8(13)7-6-15-9(14)12-7/h7,10H,2-6H2,1H3,(H,11,13)(H,12,14)/t7-/m0/s1. The number of amides is 2. The summed E-state index contributed by atoms with van der Waals surface area (Å²) in [5.41, 5.74) is 0. The summed E-state index contributed by atoms with van der Waals surface area (Å²) in [5.74, 6) is 0.444. The van der Waals surface area contributed by atoms with Crippen LogP contribution in [0.25, 0.3) is 0 Å². The van der Waals surface area contributed by atoms with Gasteiger partial charge >= 0.3 is 0 Å². The summed E-state index contributed by atoms with van der Waals surface area (Å²) < 4.78 is 0. The van der Waals surface area contributed by atoms with Crippen molar-refractivity contribution < 1.29 is 9.59 Å². The van der Waals surface area contributed by atoms with Gasteiger partial charge in [0.1, 0.15) is 6.04 Å². The van der Waals surface area contributed by atoms with Gasteiger partial charge in [-0.2, -0.15) is 0 Å². The molecule has 1 aliphatic rings. The molecule has 6 heteroatoms. The molecule has 0 radical (unpaired) electrons. The fraction of sp³-hybridized carbons (Fsp3) is 0.778. The highest BCUT2D eigenvalue weighted by Crippen LogP contribution is 2.12. The molecule has 15 heavy (non-hydrogen) atoms. The van der Waals surface area contributed by atoms with Crippen molar-refractivity contribution >= 4 is 22.9 Å². The first-order valence-corrected chi connectivity index (χ1v) is 6.14. The molecule has 0 spiro atoms. The van der Waals surface area contributed by atoms with Crippen LogP contribution in [0, 0.1) is 0 Å². The Morgan fingerprint density at radius 3 is 2.93 bits per heavy atom. The van der Waals surface area contributed by atoms with Crippen LogP contribution in [-0.4, -0.2) is 42.6 Å². The maximum absolute atomic E-state index is 11.5. The molecule has 5 nitrogen and oxygen atoms in total. The predicted octanol–water partition coefficient (Wildman–Crippen LogP) is -0.0728.